The summed E-state index contributed by atoms with van der Waals surface area (Å²) in [6.45, 7) is 0. The van der Waals surface area contributed by atoms with Gasteiger partial charge in [0.05, 0.1) is 0 Å². The number of nitrogens with zero attached hydrogens (tertiary/aromatic N) is 5. The van der Waals surface area contributed by atoms with Gasteiger partial charge in [0.1, 0.15) is 0 Å². The molecule has 0 spiro atoms. The van der Waals surface area contributed by atoms with E-state index in [1.807, 2.05) is 36.4 Å². The van der Waals surface area contributed by atoms with Crippen LogP contribution in [0.3, 0.4) is 0 Å². The molecule has 12 heteroatoms. The van der Waals surface area contributed by atoms with Gasteiger partial charge in [0.2, 0.25) is 0 Å². The molecule has 2 aromatic heterocycles. The number of pyridine rings is 2. The molecule has 0 fully saturated rings. The van der Waals surface area contributed by atoms with Crippen molar-refractivity contribution in [2.24, 2.45) is 16.0 Å². The Morgan fingerprint density at radius 3 is 0.773 bits per heavy atom. The Hall–Kier alpha value is -2.88. The Kier molecular flexibility index (Phi) is 45.1. The van der Waals surface area contributed by atoms with E-state index in [0.29, 0.717) is 0 Å². The smallest absolute Gasteiger partial charge is 0.444 e. The molecule has 0 aromatic carbocycles. The van der Waals surface area contributed by atoms with Gasteiger partial charge in [-0.05, 0) is 24.3 Å². The van der Waals surface area contributed by atoms with Gasteiger partial charge in [-0.2, -0.15) is 0 Å². The zero-order valence-corrected chi connectivity index (χ0v) is 12.6. The van der Waals surface area contributed by atoms with Gasteiger partial charge in [0.15, 0.2) is 0 Å². The van der Waals surface area contributed by atoms with Crippen LogP contribution in [0, 0.1) is 30.3 Å². The second-order valence-corrected chi connectivity index (χ2v) is 2.27. The summed E-state index contributed by atoms with van der Waals surface area (Å²) in [6, 6.07) is 11.4. The van der Waals surface area contributed by atoms with Gasteiger partial charge in [0, 0.05) is 24.8 Å². The summed E-state index contributed by atoms with van der Waals surface area (Å²) in [4.78, 5) is 31.6. The maximum absolute atomic E-state index is 8.00. The average Bonchev–Trinajstić information content (AvgIpc) is 2.54. The number of aromatic nitrogens is 2. The molecule has 2 aromatic rings. The number of hydrogen-bond donors (Lipinski definition) is 0. The molecule has 2 rings (SSSR count). The molecular weight excluding hydrogens is 387 g/mol. The molecule has 0 saturated heterocycles. The van der Waals surface area contributed by atoms with Crippen LogP contribution in [-0.2, 0) is 19.5 Å². The fourth-order valence-corrected chi connectivity index (χ4v) is 0.625. The molecule has 0 N–H and O–H groups in total. The van der Waals surface area contributed by atoms with Gasteiger partial charge >= 0.3 is 19.5 Å². The first kappa shape index (κ1) is 27.5. The SMILES string of the molecule is O=N[O-].O=N[O-].O=N[O-].[Ru+3].c1ccncc1.c1ccncc1. The first-order chi connectivity index (χ1) is 10.2. The normalized spacial score (nSPS) is 6.00. The number of hydrogen-bond acceptors (Lipinski definition) is 11. The molecule has 0 unspecified atom stereocenters. The summed E-state index contributed by atoms with van der Waals surface area (Å²) in [5, 5.41) is 27.0. The third kappa shape index (κ3) is 53.5. The van der Waals surface area contributed by atoms with Gasteiger partial charge in [-0.3, -0.25) is 9.97 Å². The minimum Gasteiger partial charge on any atom is -0.444 e. The molecule has 11 nitrogen and oxygen atoms in total. The first-order valence-corrected chi connectivity index (χ1v) is 4.79. The molecule has 0 saturated carbocycles. The Balaban J connectivity index is -0.0000000959. The minimum atomic E-state index is 0. The van der Waals surface area contributed by atoms with Crippen LogP contribution in [-0.4, -0.2) is 9.97 Å². The van der Waals surface area contributed by atoms with Gasteiger partial charge in [-0.15, -0.1) is 16.0 Å². The summed E-state index contributed by atoms with van der Waals surface area (Å²) in [6.07, 6.45) is 7.00. The van der Waals surface area contributed by atoms with Gasteiger partial charge < -0.3 is 30.3 Å². The molecule has 0 bridgehead atoms. The monoisotopic (exact) mass is 398 g/mol. The van der Waals surface area contributed by atoms with Crippen molar-refractivity contribution >= 4 is 0 Å². The second kappa shape index (κ2) is 36.2. The Bertz CT molecular complexity index is 312. The minimum absolute atomic E-state index is 0. The standard InChI is InChI=1S/2C5H5N.3HNO2.Ru/c2*1-2-4-6-5-3-1;3*2-1-3;/h2*1-5H;3*(H,2,3);/q;;;;;+3/p-3. The molecule has 2 heterocycles. The third-order valence-electron chi connectivity index (χ3n) is 1.13. The van der Waals surface area contributed by atoms with Gasteiger partial charge in [-0.25, -0.2) is 0 Å². The average molecular weight is 397 g/mol. The summed E-state index contributed by atoms with van der Waals surface area (Å²) >= 11 is 0. The van der Waals surface area contributed by atoms with Crippen molar-refractivity contribution in [2.75, 3.05) is 0 Å². The van der Waals surface area contributed by atoms with Crippen LogP contribution in [0.15, 0.2) is 77.2 Å². The van der Waals surface area contributed by atoms with E-state index in [2.05, 4.69) is 9.97 Å². The van der Waals surface area contributed by atoms with Gasteiger partial charge in [-0.1, -0.05) is 12.1 Å². The molecule has 1 radical (unpaired) electrons. The molecule has 0 aliphatic heterocycles. The maximum Gasteiger partial charge on any atom is 3.00 e. The van der Waals surface area contributed by atoms with Crippen LogP contribution in [0.5, 0.6) is 0 Å². The van der Waals surface area contributed by atoms with E-state index in [0.717, 1.165) is 16.0 Å². The fourth-order valence-electron chi connectivity index (χ4n) is 0.625. The predicted molar refractivity (Wildman–Crippen MR) is 76.0 cm³/mol. The quantitative estimate of drug-likeness (QED) is 0.369. The molecule has 0 atom stereocenters. The van der Waals surface area contributed by atoms with Crippen LogP contribution in [0.4, 0.5) is 0 Å². The van der Waals surface area contributed by atoms with Crippen molar-refractivity contribution in [1.82, 2.24) is 9.97 Å². The van der Waals surface area contributed by atoms with E-state index in [-0.39, 0.29) is 19.5 Å². The van der Waals surface area contributed by atoms with Crippen molar-refractivity contribution in [3.8, 4) is 0 Å². The van der Waals surface area contributed by atoms with Crippen molar-refractivity contribution in [1.29, 1.82) is 0 Å². The van der Waals surface area contributed by atoms with E-state index >= 15 is 0 Å². The van der Waals surface area contributed by atoms with Crippen molar-refractivity contribution in [3.05, 3.63) is 91.5 Å². The predicted octanol–water partition coefficient (Wildman–Crippen LogP) is 2.91. The van der Waals surface area contributed by atoms with Crippen molar-refractivity contribution in [2.45, 2.75) is 0 Å². The summed E-state index contributed by atoms with van der Waals surface area (Å²) < 4.78 is 0. The maximum atomic E-state index is 8.00. The molecule has 0 aliphatic rings. The Morgan fingerprint density at radius 2 is 0.727 bits per heavy atom. The van der Waals surface area contributed by atoms with Crippen molar-refractivity contribution < 1.29 is 19.5 Å². The van der Waals surface area contributed by atoms with Crippen LogP contribution >= 0.6 is 0 Å². The molecule has 119 valence electrons. The van der Waals surface area contributed by atoms with Crippen LogP contribution in [0.1, 0.15) is 0 Å². The summed E-state index contributed by atoms with van der Waals surface area (Å²) in [5.74, 6) is 0. The first-order valence-electron chi connectivity index (χ1n) is 4.79. The van der Waals surface area contributed by atoms with Crippen molar-refractivity contribution in [3.63, 3.8) is 0 Å². The zero-order valence-electron chi connectivity index (χ0n) is 10.8. The van der Waals surface area contributed by atoms with E-state index in [1.54, 1.807) is 24.8 Å². The third-order valence-corrected chi connectivity index (χ3v) is 1.13. The van der Waals surface area contributed by atoms with Gasteiger partial charge in [0.25, 0.3) is 0 Å². The Morgan fingerprint density at radius 1 is 0.545 bits per heavy atom. The van der Waals surface area contributed by atoms with Crippen LogP contribution in [0.2, 0.25) is 0 Å². The van der Waals surface area contributed by atoms with E-state index < -0.39 is 0 Å². The summed E-state index contributed by atoms with van der Waals surface area (Å²) in [5.41, 5.74) is 0. The topological polar surface area (TPSA) is 183 Å². The van der Waals surface area contributed by atoms with Crippen LogP contribution < -0.4 is 0 Å². The zero-order chi connectivity index (χ0) is 16.6. The van der Waals surface area contributed by atoms with Crippen LogP contribution in [0.25, 0.3) is 0 Å². The number of rotatable bonds is 0. The van der Waals surface area contributed by atoms with E-state index in [9.17, 15) is 0 Å². The molecular formula is C10H10N5O6Ru. The molecule has 22 heavy (non-hydrogen) atoms. The largest absolute Gasteiger partial charge is 3.00 e. The molecule has 0 aliphatic carbocycles. The molecule has 0 amide bonds. The fraction of sp³-hybridized carbons (Fsp3) is 0. The Labute approximate surface area is 137 Å². The second-order valence-electron chi connectivity index (χ2n) is 2.27. The summed E-state index contributed by atoms with van der Waals surface area (Å²) in [7, 11) is 0. The van der Waals surface area contributed by atoms with E-state index in [4.69, 9.17) is 30.3 Å². The van der Waals surface area contributed by atoms with E-state index in [1.165, 1.54) is 0 Å².